The molecule has 0 saturated heterocycles. The molecule has 0 unspecified atom stereocenters. The van der Waals surface area contributed by atoms with Crippen molar-refractivity contribution in [3.05, 3.63) is 29.8 Å². The molecule has 0 spiro atoms. The summed E-state index contributed by atoms with van der Waals surface area (Å²) in [5, 5.41) is 8.86. The third-order valence-electron chi connectivity index (χ3n) is 2.24. The van der Waals surface area contributed by atoms with Crippen LogP contribution in [0.3, 0.4) is 0 Å². The minimum Gasteiger partial charge on any atom is -0.395 e. The van der Waals surface area contributed by atoms with E-state index in [2.05, 4.69) is 30.9 Å². The third-order valence-corrected chi connectivity index (χ3v) is 4.40. The molecular weight excluding hydrogens is 312 g/mol. The van der Waals surface area contributed by atoms with Gasteiger partial charge in [-0.1, -0.05) is 11.8 Å². The molecule has 0 bridgehead atoms. The molecule has 9 heteroatoms. The van der Waals surface area contributed by atoms with Gasteiger partial charge < -0.3 is 5.11 Å². The maximum absolute atomic E-state index is 12.2. The lowest BCUT2D eigenvalue weighted by atomic mass is 10.3. The predicted molar refractivity (Wildman–Crippen MR) is 78.3 cm³/mol. The number of hydrogen-bond donors (Lipinski definition) is 2. The molecule has 0 aliphatic carbocycles. The van der Waals surface area contributed by atoms with Gasteiger partial charge in [-0.15, -0.1) is 0 Å². The Morgan fingerprint density at radius 1 is 1.43 bits per heavy atom. The van der Waals surface area contributed by atoms with Gasteiger partial charge in [0.1, 0.15) is 10.7 Å². The Kier molecular flexibility index (Phi) is 4.85. The molecule has 0 fully saturated rings. The van der Waals surface area contributed by atoms with Crippen LogP contribution in [0.15, 0.2) is 23.4 Å². The van der Waals surface area contributed by atoms with Gasteiger partial charge in [-0.3, -0.25) is 9.71 Å². The number of nitrogens with one attached hydrogen (secondary N) is 1. The molecule has 2 heterocycles. The molecule has 0 aliphatic rings. The highest BCUT2D eigenvalue weighted by molar-refractivity contribution is 7.93. The average Bonchev–Trinajstić information content (AvgIpc) is 2.84. The van der Waals surface area contributed by atoms with Crippen LogP contribution >= 0.6 is 11.5 Å². The molecule has 21 heavy (non-hydrogen) atoms. The van der Waals surface area contributed by atoms with E-state index in [1.807, 2.05) is 0 Å². The Bertz CT molecular complexity index is 790. The van der Waals surface area contributed by atoms with Gasteiger partial charge in [-0.05, 0) is 13.0 Å². The second-order valence-electron chi connectivity index (χ2n) is 3.94. The highest BCUT2D eigenvalue weighted by Crippen LogP contribution is 2.17. The van der Waals surface area contributed by atoms with Crippen LogP contribution in [0.25, 0.3) is 0 Å². The van der Waals surface area contributed by atoms with Gasteiger partial charge in [0.25, 0.3) is 10.0 Å². The number of pyridine rings is 1. The first-order valence-corrected chi connectivity index (χ1v) is 8.15. The van der Waals surface area contributed by atoms with E-state index >= 15 is 0 Å². The monoisotopic (exact) mass is 324 g/mol. The van der Waals surface area contributed by atoms with Gasteiger partial charge in [0, 0.05) is 35.9 Å². The van der Waals surface area contributed by atoms with Crippen molar-refractivity contribution >= 4 is 26.7 Å². The lowest BCUT2D eigenvalue weighted by Gasteiger charge is -2.04. The fraction of sp³-hybridized carbons (Fsp3) is 0.250. The fourth-order valence-corrected chi connectivity index (χ4v) is 3.15. The average molecular weight is 324 g/mol. The zero-order valence-electron chi connectivity index (χ0n) is 11.1. The second kappa shape index (κ2) is 6.62. The Morgan fingerprint density at radius 3 is 2.90 bits per heavy atom. The number of anilines is 1. The Hall–Kier alpha value is -2.02. The number of aromatic nitrogens is 3. The normalized spacial score (nSPS) is 10.8. The Labute approximate surface area is 126 Å². The minimum absolute atomic E-state index is 0.00819. The van der Waals surface area contributed by atoms with E-state index in [9.17, 15) is 8.42 Å². The van der Waals surface area contributed by atoms with Crippen LogP contribution in [0.2, 0.25) is 0 Å². The first kappa shape index (κ1) is 15.4. The number of rotatable bonds is 4. The molecule has 0 amide bonds. The fourth-order valence-electron chi connectivity index (χ4n) is 1.37. The number of aliphatic hydroxyl groups is 1. The predicted octanol–water partition coefficient (Wildman–Crippen LogP) is 0.776. The molecule has 0 atom stereocenters. The van der Waals surface area contributed by atoms with Crippen molar-refractivity contribution in [1.29, 1.82) is 0 Å². The summed E-state index contributed by atoms with van der Waals surface area (Å²) in [5.74, 6) is 5.94. The molecule has 2 aromatic heterocycles. The molecule has 0 aliphatic heterocycles. The van der Waals surface area contributed by atoms with Crippen LogP contribution < -0.4 is 4.72 Å². The third kappa shape index (κ3) is 4.22. The number of sulfonamides is 1. The Balaban J connectivity index is 2.24. The summed E-state index contributed by atoms with van der Waals surface area (Å²) in [4.78, 5) is 7.80. The van der Waals surface area contributed by atoms with E-state index in [0.717, 1.165) is 11.5 Å². The van der Waals surface area contributed by atoms with Gasteiger partial charge in [-0.25, -0.2) is 13.4 Å². The van der Waals surface area contributed by atoms with Crippen molar-refractivity contribution in [2.45, 2.75) is 18.2 Å². The second-order valence-corrected chi connectivity index (χ2v) is 6.37. The summed E-state index contributed by atoms with van der Waals surface area (Å²) >= 11 is 0.965. The van der Waals surface area contributed by atoms with Gasteiger partial charge in [0.05, 0.1) is 6.61 Å². The van der Waals surface area contributed by atoms with Crippen molar-refractivity contribution < 1.29 is 13.5 Å². The number of aliphatic hydroxyl groups excluding tert-OH is 1. The lowest BCUT2D eigenvalue weighted by Crippen LogP contribution is -2.13. The van der Waals surface area contributed by atoms with E-state index in [-0.39, 0.29) is 16.6 Å². The minimum atomic E-state index is -3.77. The molecule has 2 aromatic rings. The van der Waals surface area contributed by atoms with Gasteiger partial charge in [0.2, 0.25) is 5.13 Å². The topological polar surface area (TPSA) is 105 Å². The molecule has 110 valence electrons. The molecule has 0 radical (unpaired) electrons. The van der Waals surface area contributed by atoms with Crippen molar-refractivity contribution in [3.8, 4) is 11.8 Å². The number of nitrogens with zero attached hydrogens (tertiary/aromatic N) is 3. The summed E-state index contributed by atoms with van der Waals surface area (Å²) in [6, 6.07) is 1.41. The van der Waals surface area contributed by atoms with Gasteiger partial charge in [0.15, 0.2) is 0 Å². The van der Waals surface area contributed by atoms with Crippen LogP contribution in [0, 0.1) is 18.8 Å². The van der Waals surface area contributed by atoms with E-state index in [0.29, 0.717) is 17.8 Å². The first-order valence-electron chi connectivity index (χ1n) is 5.89. The van der Waals surface area contributed by atoms with Crippen molar-refractivity contribution in [1.82, 2.24) is 14.3 Å². The van der Waals surface area contributed by atoms with Gasteiger partial charge >= 0.3 is 0 Å². The quantitative estimate of drug-likeness (QED) is 0.805. The number of hydrogen-bond acceptors (Lipinski definition) is 7. The molecular formula is C12H12N4O3S2. The summed E-state index contributed by atoms with van der Waals surface area (Å²) < 4.78 is 30.6. The molecule has 2 rings (SSSR count). The standard InChI is InChI=1S/C12H12N4O3S2/c1-9-14-12(20-15-9)16-21(18,19)11-6-10(7-13-8-11)4-2-3-5-17/h6-8,17H,3,5H2,1H3,(H,14,15,16). The zero-order valence-corrected chi connectivity index (χ0v) is 12.7. The smallest absolute Gasteiger partial charge is 0.265 e. The highest BCUT2D eigenvalue weighted by Gasteiger charge is 2.17. The molecule has 2 N–H and O–H groups in total. The van der Waals surface area contributed by atoms with Crippen LogP contribution in [0.5, 0.6) is 0 Å². The van der Waals surface area contributed by atoms with Crippen LogP contribution in [0.1, 0.15) is 17.8 Å². The molecule has 0 saturated carbocycles. The summed E-state index contributed by atoms with van der Waals surface area (Å²) in [7, 11) is -3.77. The zero-order chi connectivity index (χ0) is 15.3. The maximum Gasteiger partial charge on any atom is 0.265 e. The molecule has 7 nitrogen and oxygen atoms in total. The Morgan fingerprint density at radius 2 is 2.24 bits per heavy atom. The van der Waals surface area contributed by atoms with E-state index in [4.69, 9.17) is 5.11 Å². The summed E-state index contributed by atoms with van der Waals surface area (Å²) in [6.07, 6.45) is 3.01. The van der Waals surface area contributed by atoms with Gasteiger partial charge in [-0.2, -0.15) is 4.37 Å². The summed E-state index contributed by atoms with van der Waals surface area (Å²) in [6.45, 7) is 1.63. The first-order chi connectivity index (χ1) is 10.0. The largest absolute Gasteiger partial charge is 0.395 e. The van der Waals surface area contributed by atoms with Crippen LogP contribution in [-0.4, -0.2) is 34.5 Å². The summed E-state index contributed by atoms with van der Waals surface area (Å²) in [5.41, 5.74) is 0.458. The van der Waals surface area contributed by atoms with E-state index < -0.39 is 10.0 Å². The lowest BCUT2D eigenvalue weighted by molar-refractivity contribution is 0.305. The van der Waals surface area contributed by atoms with Crippen LogP contribution in [0.4, 0.5) is 5.13 Å². The van der Waals surface area contributed by atoms with Crippen molar-refractivity contribution in [2.24, 2.45) is 0 Å². The van der Waals surface area contributed by atoms with E-state index in [1.165, 1.54) is 18.5 Å². The van der Waals surface area contributed by atoms with Crippen LogP contribution in [-0.2, 0) is 10.0 Å². The highest BCUT2D eigenvalue weighted by atomic mass is 32.2. The maximum atomic E-state index is 12.2. The van der Waals surface area contributed by atoms with Crippen molar-refractivity contribution in [3.63, 3.8) is 0 Å². The molecule has 0 aromatic carbocycles. The number of aryl methyl sites for hydroxylation is 1. The van der Waals surface area contributed by atoms with Crippen molar-refractivity contribution in [2.75, 3.05) is 11.3 Å². The SMILES string of the molecule is Cc1nsc(NS(=O)(=O)c2cncc(C#CCCO)c2)n1. The van der Waals surface area contributed by atoms with E-state index in [1.54, 1.807) is 6.92 Å².